The number of benzene rings is 1. The van der Waals surface area contributed by atoms with Gasteiger partial charge in [-0.25, -0.2) is 9.37 Å². The molecule has 1 aromatic carbocycles. The van der Waals surface area contributed by atoms with Crippen LogP contribution in [0.25, 0.3) is 34.1 Å². The summed E-state index contributed by atoms with van der Waals surface area (Å²) in [6.07, 6.45) is 4.63. The van der Waals surface area contributed by atoms with Gasteiger partial charge in [0, 0.05) is 28.0 Å². The normalized spacial score (nSPS) is 10.8. The van der Waals surface area contributed by atoms with Gasteiger partial charge in [-0.1, -0.05) is 27.2 Å². The first kappa shape index (κ1) is 15.6. The summed E-state index contributed by atoms with van der Waals surface area (Å²) in [4.78, 5) is 12.5. The highest BCUT2D eigenvalue weighted by atomic mass is 79.9. The van der Waals surface area contributed by atoms with Crippen LogP contribution in [0, 0.1) is 5.82 Å². The van der Waals surface area contributed by atoms with Crippen molar-refractivity contribution in [1.29, 1.82) is 0 Å². The molecule has 0 spiro atoms. The summed E-state index contributed by atoms with van der Waals surface area (Å²) < 4.78 is 19.2. The molecule has 7 heteroatoms. The summed E-state index contributed by atoms with van der Waals surface area (Å²) in [5.74, 6) is 0.242. The van der Waals surface area contributed by atoms with Crippen LogP contribution in [-0.4, -0.2) is 20.1 Å². The lowest BCUT2D eigenvalue weighted by atomic mass is 10.0. The summed E-state index contributed by atoms with van der Waals surface area (Å²) in [5.41, 5.74) is 3.15. The van der Waals surface area contributed by atoms with Gasteiger partial charge in [-0.15, -0.1) is 0 Å². The van der Waals surface area contributed by atoms with Crippen molar-refractivity contribution >= 4 is 15.9 Å². The van der Waals surface area contributed by atoms with Gasteiger partial charge in [-0.2, -0.15) is 4.98 Å². The smallest absolute Gasteiger partial charge is 0.258 e. The maximum Gasteiger partial charge on any atom is 0.258 e. The molecule has 0 bridgehead atoms. The molecule has 0 aliphatic rings. The van der Waals surface area contributed by atoms with Crippen molar-refractivity contribution in [3.63, 3.8) is 0 Å². The first-order valence-electron chi connectivity index (χ1n) is 7.36. The van der Waals surface area contributed by atoms with E-state index >= 15 is 0 Å². The lowest BCUT2D eigenvalue weighted by molar-refractivity contribution is 0.432. The first-order valence-corrected chi connectivity index (χ1v) is 8.15. The van der Waals surface area contributed by atoms with Gasteiger partial charge in [0.1, 0.15) is 11.5 Å². The number of hydrogen-bond donors (Lipinski definition) is 0. The zero-order valence-electron chi connectivity index (χ0n) is 12.7. The third-order valence-electron chi connectivity index (χ3n) is 3.52. The number of aromatic nitrogens is 4. The average Bonchev–Trinajstić information content (AvgIpc) is 3.13. The van der Waals surface area contributed by atoms with Gasteiger partial charge in [-0.05, 0) is 42.0 Å². The van der Waals surface area contributed by atoms with Crippen LogP contribution in [0.3, 0.4) is 0 Å². The van der Waals surface area contributed by atoms with E-state index in [1.165, 1.54) is 12.1 Å². The van der Waals surface area contributed by atoms with Crippen molar-refractivity contribution < 1.29 is 8.91 Å². The van der Waals surface area contributed by atoms with E-state index < -0.39 is 5.82 Å². The van der Waals surface area contributed by atoms with Crippen LogP contribution >= 0.6 is 15.9 Å². The standard InChI is InChI=1S/C18H10BrFN4O/c19-14-7-12(11-2-1-5-21-9-11)6-13(8-14)18-23-17(24-25-18)16-4-3-15(20)10-22-16/h1-10H. The second-order valence-electron chi connectivity index (χ2n) is 5.26. The molecule has 0 unspecified atom stereocenters. The van der Waals surface area contributed by atoms with Gasteiger partial charge >= 0.3 is 0 Å². The molecule has 4 aromatic rings. The number of halogens is 2. The summed E-state index contributed by atoms with van der Waals surface area (Å²) in [7, 11) is 0. The van der Waals surface area contributed by atoms with Gasteiger partial charge in [0.05, 0.1) is 6.20 Å². The number of pyridine rings is 2. The molecule has 4 rings (SSSR count). The minimum absolute atomic E-state index is 0.304. The summed E-state index contributed by atoms with van der Waals surface area (Å²) >= 11 is 3.50. The monoisotopic (exact) mass is 396 g/mol. The first-order chi connectivity index (χ1) is 12.2. The van der Waals surface area contributed by atoms with Crippen LogP contribution in [0.5, 0.6) is 0 Å². The van der Waals surface area contributed by atoms with E-state index in [9.17, 15) is 4.39 Å². The Hall–Kier alpha value is -2.93. The van der Waals surface area contributed by atoms with E-state index in [0.29, 0.717) is 17.4 Å². The van der Waals surface area contributed by atoms with Crippen LogP contribution in [0.15, 0.2) is 70.1 Å². The fourth-order valence-electron chi connectivity index (χ4n) is 2.37. The molecule has 0 aliphatic heterocycles. The third kappa shape index (κ3) is 3.32. The van der Waals surface area contributed by atoms with Crippen molar-refractivity contribution in [1.82, 2.24) is 20.1 Å². The van der Waals surface area contributed by atoms with E-state index in [2.05, 4.69) is 36.0 Å². The van der Waals surface area contributed by atoms with Crippen LogP contribution < -0.4 is 0 Å². The minimum Gasteiger partial charge on any atom is -0.334 e. The lowest BCUT2D eigenvalue weighted by Gasteiger charge is -2.04. The molecule has 0 saturated heterocycles. The summed E-state index contributed by atoms with van der Waals surface area (Å²) in [6, 6.07) is 12.5. The predicted molar refractivity (Wildman–Crippen MR) is 93.9 cm³/mol. The molecule has 0 saturated carbocycles. The Morgan fingerprint density at radius 2 is 1.84 bits per heavy atom. The maximum atomic E-state index is 13.0. The van der Waals surface area contributed by atoms with Crippen LogP contribution in [0.1, 0.15) is 0 Å². The maximum absolute atomic E-state index is 13.0. The Morgan fingerprint density at radius 3 is 2.60 bits per heavy atom. The molecule has 0 fully saturated rings. The number of rotatable bonds is 3. The highest BCUT2D eigenvalue weighted by molar-refractivity contribution is 9.10. The van der Waals surface area contributed by atoms with Crippen LogP contribution in [-0.2, 0) is 0 Å². The molecule has 0 aliphatic carbocycles. The zero-order valence-corrected chi connectivity index (χ0v) is 14.3. The average molecular weight is 397 g/mol. The van der Waals surface area contributed by atoms with E-state index in [1.807, 2.05) is 30.3 Å². The molecular weight excluding hydrogens is 387 g/mol. The highest BCUT2D eigenvalue weighted by Gasteiger charge is 2.13. The molecule has 0 N–H and O–H groups in total. The minimum atomic E-state index is -0.416. The third-order valence-corrected chi connectivity index (χ3v) is 3.98. The number of nitrogens with zero attached hydrogens (tertiary/aromatic N) is 4. The van der Waals surface area contributed by atoms with Crippen molar-refractivity contribution in [2.24, 2.45) is 0 Å². The molecule has 0 atom stereocenters. The largest absolute Gasteiger partial charge is 0.334 e. The quantitative estimate of drug-likeness (QED) is 0.499. The van der Waals surface area contributed by atoms with E-state index in [4.69, 9.17) is 4.52 Å². The van der Waals surface area contributed by atoms with Gasteiger partial charge in [0.25, 0.3) is 5.89 Å². The molecular formula is C18H10BrFN4O. The second kappa shape index (κ2) is 6.52. The molecule has 0 amide bonds. The van der Waals surface area contributed by atoms with Gasteiger partial charge in [-0.3, -0.25) is 4.98 Å². The molecule has 3 aromatic heterocycles. The van der Waals surface area contributed by atoms with Crippen LogP contribution in [0.4, 0.5) is 4.39 Å². The highest BCUT2D eigenvalue weighted by Crippen LogP contribution is 2.30. The van der Waals surface area contributed by atoms with Crippen molar-refractivity contribution in [3.8, 4) is 34.1 Å². The Morgan fingerprint density at radius 1 is 0.960 bits per heavy atom. The Labute approximate surface area is 150 Å². The van der Waals surface area contributed by atoms with E-state index in [-0.39, 0.29) is 0 Å². The van der Waals surface area contributed by atoms with Crippen molar-refractivity contribution in [3.05, 3.63) is 71.3 Å². The number of hydrogen-bond acceptors (Lipinski definition) is 5. The molecule has 25 heavy (non-hydrogen) atoms. The summed E-state index contributed by atoms with van der Waals surface area (Å²) in [6.45, 7) is 0. The Kier molecular flexibility index (Phi) is 4.07. The SMILES string of the molecule is Fc1ccc(-c2noc(-c3cc(Br)cc(-c4cccnc4)c3)n2)nc1. The molecule has 3 heterocycles. The summed E-state index contributed by atoms with van der Waals surface area (Å²) in [5, 5.41) is 3.93. The van der Waals surface area contributed by atoms with E-state index in [1.54, 1.807) is 12.4 Å². The second-order valence-corrected chi connectivity index (χ2v) is 6.17. The van der Waals surface area contributed by atoms with Crippen LogP contribution in [0.2, 0.25) is 0 Å². The Bertz CT molecular complexity index is 1020. The molecule has 0 radical (unpaired) electrons. The topological polar surface area (TPSA) is 64.7 Å². The molecule has 122 valence electrons. The van der Waals surface area contributed by atoms with Crippen molar-refractivity contribution in [2.45, 2.75) is 0 Å². The van der Waals surface area contributed by atoms with Gasteiger partial charge in [0.2, 0.25) is 5.82 Å². The van der Waals surface area contributed by atoms with E-state index in [0.717, 1.165) is 27.4 Å². The Balaban J connectivity index is 1.73. The fraction of sp³-hybridized carbons (Fsp3) is 0. The zero-order chi connectivity index (χ0) is 17.2. The van der Waals surface area contributed by atoms with Gasteiger partial charge < -0.3 is 4.52 Å². The lowest BCUT2D eigenvalue weighted by Crippen LogP contribution is -1.87. The van der Waals surface area contributed by atoms with Crippen molar-refractivity contribution in [2.75, 3.05) is 0 Å². The van der Waals surface area contributed by atoms with Gasteiger partial charge in [0.15, 0.2) is 0 Å². The predicted octanol–water partition coefficient (Wildman–Crippen LogP) is 4.76. The molecule has 5 nitrogen and oxygen atoms in total. The fourth-order valence-corrected chi connectivity index (χ4v) is 2.86.